The number of nitrogens with zero attached hydrogens (tertiary/aromatic N) is 8. The molecular weight excluding hydrogens is 404 g/mol. The monoisotopic (exact) mass is 430 g/mol. The van der Waals surface area contributed by atoms with Crippen LogP contribution in [0.15, 0.2) is 30.9 Å². The third-order valence-corrected chi connectivity index (χ3v) is 6.39. The molecule has 2 aliphatic heterocycles. The fourth-order valence-corrected chi connectivity index (χ4v) is 4.64. The molecule has 0 radical (unpaired) electrons. The molecule has 1 fully saturated rings. The Kier molecular flexibility index (Phi) is 4.53. The van der Waals surface area contributed by atoms with Gasteiger partial charge in [0.15, 0.2) is 0 Å². The number of anilines is 2. The van der Waals surface area contributed by atoms with E-state index in [-0.39, 0.29) is 0 Å². The number of hydrogen-bond acceptors (Lipinski definition) is 8. The van der Waals surface area contributed by atoms with E-state index >= 15 is 0 Å². The Morgan fingerprint density at radius 2 is 2.00 bits per heavy atom. The lowest BCUT2D eigenvalue weighted by Gasteiger charge is -2.32. The summed E-state index contributed by atoms with van der Waals surface area (Å²) in [6, 6.07) is 4.61. The number of aromatic amines is 1. The summed E-state index contributed by atoms with van der Waals surface area (Å²) in [4.78, 5) is 23.2. The van der Waals surface area contributed by atoms with Gasteiger partial charge in [0.1, 0.15) is 22.5 Å². The molecule has 2 N–H and O–H groups in total. The number of aryl methyl sites for hydroxylation is 1. The van der Waals surface area contributed by atoms with Gasteiger partial charge >= 0.3 is 0 Å². The van der Waals surface area contributed by atoms with Gasteiger partial charge in [-0.1, -0.05) is 0 Å². The average molecular weight is 431 g/mol. The van der Waals surface area contributed by atoms with Crippen LogP contribution in [0.25, 0.3) is 22.3 Å². The maximum absolute atomic E-state index is 4.88. The molecule has 0 aromatic carbocycles. The molecule has 10 nitrogen and oxygen atoms in total. The van der Waals surface area contributed by atoms with Crippen molar-refractivity contribution in [3.8, 4) is 11.3 Å². The van der Waals surface area contributed by atoms with Gasteiger partial charge in [0.25, 0.3) is 0 Å². The van der Waals surface area contributed by atoms with Crippen molar-refractivity contribution in [2.75, 3.05) is 36.0 Å². The van der Waals surface area contributed by atoms with Crippen molar-refractivity contribution in [1.82, 2.24) is 40.0 Å². The molecule has 0 bridgehead atoms. The number of rotatable bonds is 3. The van der Waals surface area contributed by atoms with Crippen molar-refractivity contribution >= 4 is 22.8 Å². The van der Waals surface area contributed by atoms with E-state index in [1.165, 1.54) is 5.69 Å². The summed E-state index contributed by atoms with van der Waals surface area (Å²) in [6.45, 7) is 6.68. The Morgan fingerprint density at radius 3 is 2.84 bits per heavy atom. The number of imidazole rings is 1. The number of aromatic nitrogens is 7. The standard InChI is InChI=1S/C22H26N10/c1-14-11-31(8-6-23-14)19-4-3-15(9-24-19)20-21-16(28-29-20)10-25-22(27-21)32-7-5-18-17(12-32)26-13-30(18)2/h3-4,9-10,13-14,23H,5-8,11-12H2,1-2H3,(H,28,29)/t14-/m1/s1. The number of piperazine rings is 1. The molecule has 1 saturated heterocycles. The third-order valence-electron chi connectivity index (χ3n) is 6.39. The first-order valence-electron chi connectivity index (χ1n) is 11.1. The minimum atomic E-state index is 0.465. The Balaban J connectivity index is 1.29. The number of hydrogen-bond donors (Lipinski definition) is 2. The molecule has 0 spiro atoms. The smallest absolute Gasteiger partial charge is 0.226 e. The van der Waals surface area contributed by atoms with E-state index in [9.17, 15) is 0 Å². The molecule has 0 unspecified atom stereocenters. The van der Waals surface area contributed by atoms with Crippen LogP contribution < -0.4 is 15.1 Å². The van der Waals surface area contributed by atoms with Crippen molar-refractivity contribution in [3.05, 3.63) is 42.2 Å². The van der Waals surface area contributed by atoms with Crippen LogP contribution in [0.2, 0.25) is 0 Å². The summed E-state index contributed by atoms with van der Waals surface area (Å²) < 4.78 is 2.10. The highest BCUT2D eigenvalue weighted by Gasteiger charge is 2.23. The van der Waals surface area contributed by atoms with E-state index in [0.717, 1.165) is 66.4 Å². The van der Waals surface area contributed by atoms with Gasteiger partial charge in [-0.05, 0) is 19.1 Å². The van der Waals surface area contributed by atoms with Crippen LogP contribution in [0, 0.1) is 0 Å². The Bertz CT molecular complexity index is 1260. The topological polar surface area (TPSA) is 104 Å². The van der Waals surface area contributed by atoms with Crippen LogP contribution in [0.1, 0.15) is 18.3 Å². The number of nitrogens with one attached hydrogen (secondary N) is 2. The second-order valence-electron chi connectivity index (χ2n) is 8.63. The molecule has 0 amide bonds. The van der Waals surface area contributed by atoms with E-state index in [1.54, 1.807) is 0 Å². The molecule has 6 rings (SSSR count). The molecule has 164 valence electrons. The highest BCUT2D eigenvalue weighted by molar-refractivity contribution is 5.89. The van der Waals surface area contributed by atoms with Crippen molar-refractivity contribution in [2.45, 2.75) is 25.9 Å². The summed E-state index contributed by atoms with van der Waals surface area (Å²) in [6.07, 6.45) is 6.51. The van der Waals surface area contributed by atoms with Crippen LogP contribution in [-0.2, 0) is 20.0 Å². The van der Waals surface area contributed by atoms with Crippen molar-refractivity contribution in [2.24, 2.45) is 7.05 Å². The largest absolute Gasteiger partial charge is 0.354 e. The zero-order valence-corrected chi connectivity index (χ0v) is 18.3. The van der Waals surface area contributed by atoms with Crippen LogP contribution in [0.4, 0.5) is 11.8 Å². The van der Waals surface area contributed by atoms with E-state index < -0.39 is 0 Å². The molecule has 0 saturated carbocycles. The molecular formula is C22H26N10. The van der Waals surface area contributed by atoms with Gasteiger partial charge in [0, 0.05) is 63.1 Å². The normalized spacial score (nSPS) is 18.9. The second-order valence-corrected chi connectivity index (χ2v) is 8.63. The zero-order chi connectivity index (χ0) is 21.7. The van der Waals surface area contributed by atoms with Gasteiger partial charge in [-0.15, -0.1) is 0 Å². The summed E-state index contributed by atoms with van der Waals surface area (Å²) in [5, 5.41) is 11.1. The first-order valence-corrected chi connectivity index (χ1v) is 11.1. The van der Waals surface area contributed by atoms with Crippen molar-refractivity contribution < 1.29 is 0 Å². The van der Waals surface area contributed by atoms with Crippen LogP contribution >= 0.6 is 0 Å². The summed E-state index contributed by atoms with van der Waals surface area (Å²) in [5.41, 5.74) is 5.75. The third kappa shape index (κ3) is 3.27. The maximum Gasteiger partial charge on any atom is 0.226 e. The summed E-state index contributed by atoms with van der Waals surface area (Å²) in [7, 11) is 2.05. The van der Waals surface area contributed by atoms with Gasteiger partial charge in [-0.2, -0.15) is 5.10 Å². The molecule has 0 aliphatic carbocycles. The van der Waals surface area contributed by atoms with Crippen molar-refractivity contribution in [3.63, 3.8) is 0 Å². The Morgan fingerprint density at radius 1 is 1.06 bits per heavy atom. The molecule has 4 aromatic heterocycles. The minimum Gasteiger partial charge on any atom is -0.354 e. The van der Waals surface area contributed by atoms with E-state index in [2.05, 4.69) is 58.9 Å². The number of fused-ring (bicyclic) bond motifs is 2. The highest BCUT2D eigenvalue weighted by atomic mass is 15.3. The molecule has 2 aliphatic rings. The Labute approximate surface area is 185 Å². The molecule has 32 heavy (non-hydrogen) atoms. The van der Waals surface area contributed by atoms with E-state index in [4.69, 9.17) is 9.97 Å². The van der Waals surface area contributed by atoms with Crippen LogP contribution in [0.3, 0.4) is 0 Å². The van der Waals surface area contributed by atoms with Gasteiger partial charge in [0.2, 0.25) is 5.95 Å². The molecule has 1 atom stereocenters. The van der Waals surface area contributed by atoms with Gasteiger partial charge < -0.3 is 19.7 Å². The lowest BCUT2D eigenvalue weighted by molar-refractivity contribution is 0.482. The highest BCUT2D eigenvalue weighted by Crippen LogP contribution is 2.28. The molecule has 10 heteroatoms. The average Bonchev–Trinajstić information content (AvgIpc) is 3.42. The molecule has 4 aromatic rings. The fraction of sp³-hybridized carbons (Fsp3) is 0.409. The predicted octanol–water partition coefficient (Wildman–Crippen LogP) is 1.51. The quantitative estimate of drug-likeness (QED) is 0.504. The fourth-order valence-electron chi connectivity index (χ4n) is 4.64. The predicted molar refractivity (Wildman–Crippen MR) is 123 cm³/mol. The molecule has 6 heterocycles. The lowest BCUT2D eigenvalue weighted by Crippen LogP contribution is -2.49. The van der Waals surface area contributed by atoms with E-state index in [0.29, 0.717) is 18.5 Å². The minimum absolute atomic E-state index is 0.465. The number of pyridine rings is 1. The van der Waals surface area contributed by atoms with Gasteiger partial charge in [-0.25, -0.2) is 19.9 Å². The maximum atomic E-state index is 4.88. The first-order chi connectivity index (χ1) is 15.7. The SMILES string of the molecule is C[C@@H]1CN(c2ccc(-c3n[nH]c4cnc(N5CCc6c(ncn6C)C5)nc34)cn2)CCN1. The first kappa shape index (κ1) is 19.2. The summed E-state index contributed by atoms with van der Waals surface area (Å²) >= 11 is 0. The lowest BCUT2D eigenvalue weighted by atomic mass is 10.1. The van der Waals surface area contributed by atoms with Crippen molar-refractivity contribution in [1.29, 1.82) is 0 Å². The second kappa shape index (κ2) is 7.56. The zero-order valence-electron chi connectivity index (χ0n) is 18.3. The Hall–Kier alpha value is -3.53. The van der Waals surface area contributed by atoms with Gasteiger partial charge in [0.05, 0.1) is 24.8 Å². The van der Waals surface area contributed by atoms with E-state index in [1.807, 2.05) is 25.8 Å². The van der Waals surface area contributed by atoms with Gasteiger partial charge in [-0.3, -0.25) is 5.10 Å². The van der Waals surface area contributed by atoms with Crippen LogP contribution in [0.5, 0.6) is 0 Å². The summed E-state index contributed by atoms with van der Waals surface area (Å²) in [5.74, 6) is 1.70. The van der Waals surface area contributed by atoms with Crippen LogP contribution in [-0.4, -0.2) is 66.9 Å². The number of H-pyrrole nitrogens is 1.